The highest BCUT2D eigenvalue weighted by atomic mass is 35.5. The first-order chi connectivity index (χ1) is 18.2. The molecule has 6 nitrogen and oxygen atoms in total. The van der Waals surface area contributed by atoms with Gasteiger partial charge in [0.25, 0.3) is 0 Å². The Bertz CT molecular complexity index is 1420. The van der Waals surface area contributed by atoms with E-state index in [9.17, 15) is 19.8 Å². The standard InChI is InChI=1S/C30H24Cl2O6/c1-17-19(15-37-29-11-25(31)21(13-33)9-27(29)35)5-3-7-23(17)24-8-4-6-20(18(24)2)16-38-30-12-26(32)22(14-34)10-28(30)36/h3-14,35-36H,15-16H2,1-2H3. The molecule has 0 saturated carbocycles. The Balaban J connectivity index is 1.56. The topological polar surface area (TPSA) is 93.1 Å². The molecule has 0 spiro atoms. The Morgan fingerprint density at radius 2 is 1.08 bits per heavy atom. The number of phenols is 2. The van der Waals surface area contributed by atoms with Crippen molar-refractivity contribution in [2.75, 3.05) is 0 Å². The second-order valence-corrected chi connectivity index (χ2v) is 9.49. The summed E-state index contributed by atoms with van der Waals surface area (Å²) in [5.41, 5.74) is 6.20. The number of ether oxygens (including phenoxy) is 2. The second kappa shape index (κ2) is 11.6. The smallest absolute Gasteiger partial charge is 0.162 e. The number of phenolic OH excluding ortho intramolecular Hbond substituents is 2. The third-order valence-electron chi connectivity index (χ3n) is 6.36. The number of hydrogen-bond acceptors (Lipinski definition) is 6. The summed E-state index contributed by atoms with van der Waals surface area (Å²) in [5.74, 6) is 0.0412. The third-order valence-corrected chi connectivity index (χ3v) is 7.01. The lowest BCUT2D eigenvalue weighted by Gasteiger charge is -2.17. The van der Waals surface area contributed by atoms with Crippen molar-refractivity contribution in [1.29, 1.82) is 0 Å². The highest BCUT2D eigenvalue weighted by molar-refractivity contribution is 6.33. The fourth-order valence-electron chi connectivity index (χ4n) is 4.11. The number of carbonyl (C=O) groups excluding carboxylic acids is 2. The highest BCUT2D eigenvalue weighted by Gasteiger charge is 2.15. The molecule has 0 amide bonds. The van der Waals surface area contributed by atoms with Crippen LogP contribution in [-0.2, 0) is 13.2 Å². The van der Waals surface area contributed by atoms with E-state index in [2.05, 4.69) is 0 Å². The molecule has 0 fully saturated rings. The minimum Gasteiger partial charge on any atom is -0.504 e. The van der Waals surface area contributed by atoms with E-state index in [0.717, 1.165) is 33.4 Å². The van der Waals surface area contributed by atoms with E-state index in [4.69, 9.17) is 32.7 Å². The molecule has 0 bridgehead atoms. The molecule has 8 heteroatoms. The average molecular weight is 551 g/mol. The highest BCUT2D eigenvalue weighted by Crippen LogP contribution is 2.36. The van der Waals surface area contributed by atoms with Crippen molar-refractivity contribution >= 4 is 35.8 Å². The van der Waals surface area contributed by atoms with Crippen molar-refractivity contribution in [3.8, 4) is 34.1 Å². The largest absolute Gasteiger partial charge is 0.504 e. The molecule has 0 saturated heterocycles. The molecule has 0 atom stereocenters. The first-order valence-electron chi connectivity index (χ1n) is 11.6. The number of aromatic hydroxyl groups is 2. The van der Waals surface area contributed by atoms with E-state index < -0.39 is 0 Å². The van der Waals surface area contributed by atoms with E-state index in [-0.39, 0.29) is 57.4 Å². The quantitative estimate of drug-likeness (QED) is 0.210. The van der Waals surface area contributed by atoms with Crippen LogP contribution in [-0.4, -0.2) is 22.8 Å². The summed E-state index contributed by atoms with van der Waals surface area (Å²) in [7, 11) is 0. The van der Waals surface area contributed by atoms with Crippen LogP contribution in [0.1, 0.15) is 43.0 Å². The zero-order valence-electron chi connectivity index (χ0n) is 20.6. The maximum absolute atomic E-state index is 11.0. The van der Waals surface area contributed by atoms with Crippen LogP contribution in [0, 0.1) is 13.8 Å². The van der Waals surface area contributed by atoms with E-state index in [0.29, 0.717) is 12.6 Å². The van der Waals surface area contributed by atoms with Crippen molar-refractivity contribution < 1.29 is 29.3 Å². The van der Waals surface area contributed by atoms with E-state index >= 15 is 0 Å². The number of hydrogen-bond donors (Lipinski definition) is 2. The summed E-state index contributed by atoms with van der Waals surface area (Å²) in [6.07, 6.45) is 1.14. The van der Waals surface area contributed by atoms with Gasteiger partial charge in [-0.2, -0.15) is 0 Å². The molecular formula is C30H24Cl2O6. The van der Waals surface area contributed by atoms with Crippen LogP contribution in [0.25, 0.3) is 11.1 Å². The molecule has 194 valence electrons. The van der Waals surface area contributed by atoms with Gasteiger partial charge in [0.1, 0.15) is 13.2 Å². The van der Waals surface area contributed by atoms with Gasteiger partial charge in [0, 0.05) is 23.3 Å². The minimum absolute atomic E-state index is 0.165. The predicted octanol–water partition coefficient (Wildman–Crippen LogP) is 7.47. The Morgan fingerprint density at radius 1 is 0.684 bits per heavy atom. The molecule has 0 unspecified atom stereocenters. The summed E-state index contributed by atoms with van der Waals surface area (Å²) in [6, 6.07) is 17.2. The van der Waals surface area contributed by atoms with Gasteiger partial charge in [-0.25, -0.2) is 0 Å². The molecular weight excluding hydrogens is 527 g/mol. The molecule has 4 aromatic carbocycles. The molecule has 0 aromatic heterocycles. The molecule has 0 radical (unpaired) electrons. The van der Waals surface area contributed by atoms with Crippen molar-refractivity contribution in [3.63, 3.8) is 0 Å². The van der Waals surface area contributed by atoms with Gasteiger partial charge in [-0.15, -0.1) is 0 Å². The molecule has 0 aliphatic heterocycles. The lowest BCUT2D eigenvalue weighted by molar-refractivity contribution is 0.111. The van der Waals surface area contributed by atoms with Crippen LogP contribution < -0.4 is 9.47 Å². The molecule has 0 aliphatic carbocycles. The van der Waals surface area contributed by atoms with Crippen LogP contribution >= 0.6 is 23.2 Å². The van der Waals surface area contributed by atoms with E-state index in [1.807, 2.05) is 50.2 Å². The van der Waals surface area contributed by atoms with E-state index in [1.54, 1.807) is 0 Å². The van der Waals surface area contributed by atoms with Crippen LogP contribution in [0.5, 0.6) is 23.0 Å². The van der Waals surface area contributed by atoms with Gasteiger partial charge in [-0.05, 0) is 59.4 Å². The van der Waals surface area contributed by atoms with Gasteiger partial charge < -0.3 is 19.7 Å². The van der Waals surface area contributed by atoms with Crippen LogP contribution in [0.2, 0.25) is 10.0 Å². The SMILES string of the molecule is Cc1c(COc2cc(Cl)c(C=O)cc2O)cccc1-c1cccc(COc2cc(Cl)c(C=O)cc2O)c1C. The number of aldehydes is 2. The summed E-state index contributed by atoms with van der Waals surface area (Å²) < 4.78 is 11.7. The lowest BCUT2D eigenvalue weighted by atomic mass is 9.92. The van der Waals surface area contributed by atoms with Gasteiger partial charge in [0.15, 0.2) is 35.6 Å². The molecule has 0 aliphatic rings. The van der Waals surface area contributed by atoms with Crippen molar-refractivity contribution in [2.24, 2.45) is 0 Å². The minimum atomic E-state index is -0.165. The second-order valence-electron chi connectivity index (χ2n) is 8.68. The third kappa shape index (κ3) is 5.62. The number of rotatable bonds is 9. The lowest BCUT2D eigenvalue weighted by Crippen LogP contribution is -2.02. The maximum Gasteiger partial charge on any atom is 0.162 e. The van der Waals surface area contributed by atoms with Gasteiger partial charge >= 0.3 is 0 Å². The Hall–Kier alpha value is -4.00. The normalized spacial score (nSPS) is 10.7. The fourth-order valence-corrected chi connectivity index (χ4v) is 4.50. The van der Waals surface area contributed by atoms with Crippen LogP contribution in [0.4, 0.5) is 0 Å². The number of carbonyl (C=O) groups is 2. The summed E-state index contributed by atoms with van der Waals surface area (Å²) in [6.45, 7) is 4.35. The fraction of sp³-hybridized carbons (Fsp3) is 0.133. The monoisotopic (exact) mass is 550 g/mol. The van der Waals surface area contributed by atoms with E-state index in [1.165, 1.54) is 24.3 Å². The Labute approximate surface area is 230 Å². The average Bonchev–Trinajstić information content (AvgIpc) is 2.90. The Morgan fingerprint density at radius 3 is 1.45 bits per heavy atom. The molecule has 4 rings (SSSR count). The van der Waals surface area contributed by atoms with Gasteiger partial charge in [-0.1, -0.05) is 59.6 Å². The maximum atomic E-state index is 11.0. The molecule has 2 N–H and O–H groups in total. The summed E-state index contributed by atoms with van der Waals surface area (Å²) >= 11 is 12.2. The number of halogens is 2. The summed E-state index contributed by atoms with van der Waals surface area (Å²) in [4.78, 5) is 22.1. The number of benzene rings is 4. The van der Waals surface area contributed by atoms with Gasteiger partial charge in [-0.3, -0.25) is 9.59 Å². The molecule has 4 aromatic rings. The molecule has 38 heavy (non-hydrogen) atoms. The molecule has 0 heterocycles. The van der Waals surface area contributed by atoms with Crippen molar-refractivity contribution in [2.45, 2.75) is 27.1 Å². The zero-order valence-corrected chi connectivity index (χ0v) is 22.1. The predicted molar refractivity (Wildman–Crippen MR) is 147 cm³/mol. The van der Waals surface area contributed by atoms with Crippen molar-refractivity contribution in [3.05, 3.63) is 104 Å². The van der Waals surface area contributed by atoms with Gasteiger partial charge in [0.2, 0.25) is 0 Å². The first-order valence-corrected chi connectivity index (χ1v) is 12.4. The zero-order chi connectivity index (χ0) is 27.4. The van der Waals surface area contributed by atoms with Crippen LogP contribution in [0.3, 0.4) is 0 Å². The van der Waals surface area contributed by atoms with Gasteiger partial charge in [0.05, 0.1) is 10.0 Å². The van der Waals surface area contributed by atoms with Crippen LogP contribution in [0.15, 0.2) is 60.7 Å². The first kappa shape index (κ1) is 27.0. The van der Waals surface area contributed by atoms with Crippen molar-refractivity contribution in [1.82, 2.24) is 0 Å². The summed E-state index contributed by atoms with van der Waals surface area (Å²) in [5, 5.41) is 20.8. The Kier molecular flexibility index (Phi) is 8.25.